The number of halogens is 3. The predicted octanol–water partition coefficient (Wildman–Crippen LogP) is 4.15. The van der Waals surface area contributed by atoms with Gasteiger partial charge in [0.15, 0.2) is 0 Å². The first kappa shape index (κ1) is 21.2. The van der Waals surface area contributed by atoms with Gasteiger partial charge in [-0.1, -0.05) is 36.4 Å². The number of nitrogens with zero attached hydrogens (tertiary/aromatic N) is 1. The molecule has 0 spiro atoms. The molecule has 0 aromatic heterocycles. The molecule has 0 saturated carbocycles. The van der Waals surface area contributed by atoms with E-state index >= 15 is 0 Å². The van der Waals surface area contributed by atoms with Gasteiger partial charge in [-0.15, -0.1) is 0 Å². The van der Waals surface area contributed by atoms with Gasteiger partial charge in [0.2, 0.25) is 5.91 Å². The highest BCUT2D eigenvalue weighted by atomic mass is 19.4. The van der Waals surface area contributed by atoms with E-state index in [4.69, 9.17) is 0 Å². The van der Waals surface area contributed by atoms with Crippen molar-refractivity contribution in [1.82, 2.24) is 10.2 Å². The number of amides is 1. The van der Waals surface area contributed by atoms with Crippen molar-refractivity contribution in [2.75, 3.05) is 31.5 Å². The molecule has 2 aromatic rings. The first-order valence-electron chi connectivity index (χ1n) is 9.84. The van der Waals surface area contributed by atoms with Gasteiger partial charge in [0.25, 0.3) is 0 Å². The maximum atomic E-state index is 12.8. The van der Waals surface area contributed by atoms with Crippen LogP contribution in [0.25, 0.3) is 0 Å². The van der Waals surface area contributed by atoms with Crippen LogP contribution in [0.3, 0.4) is 0 Å². The van der Waals surface area contributed by atoms with Crippen molar-refractivity contribution in [3.05, 3.63) is 65.7 Å². The molecule has 1 amide bonds. The Morgan fingerprint density at radius 1 is 1.10 bits per heavy atom. The van der Waals surface area contributed by atoms with Gasteiger partial charge >= 0.3 is 6.18 Å². The Hall–Kier alpha value is -2.54. The van der Waals surface area contributed by atoms with E-state index in [9.17, 15) is 18.0 Å². The predicted molar refractivity (Wildman–Crippen MR) is 107 cm³/mol. The van der Waals surface area contributed by atoms with E-state index in [1.165, 1.54) is 17.7 Å². The molecular formula is C22H26F3N3O. The minimum Gasteiger partial charge on any atom is -0.376 e. The Kier molecular flexibility index (Phi) is 7.14. The molecule has 2 aromatic carbocycles. The fraction of sp³-hybridized carbons (Fsp3) is 0.409. The van der Waals surface area contributed by atoms with Crippen LogP contribution in [0.2, 0.25) is 0 Å². The highest BCUT2D eigenvalue weighted by molar-refractivity contribution is 5.80. The standard InChI is InChI=1S/C22H26F3N3O/c23-22(24,25)19-9-4-10-20(12-19)26-14-21(29)27-13-18-8-5-11-28(16-18)15-17-6-2-1-3-7-17/h1-4,6-7,9-10,12,18,26H,5,8,11,13-16H2,(H,27,29). The van der Waals surface area contributed by atoms with E-state index in [1.54, 1.807) is 0 Å². The number of nitrogens with one attached hydrogen (secondary N) is 2. The highest BCUT2D eigenvalue weighted by Gasteiger charge is 2.30. The Morgan fingerprint density at radius 2 is 1.90 bits per heavy atom. The summed E-state index contributed by atoms with van der Waals surface area (Å²) < 4.78 is 38.3. The smallest absolute Gasteiger partial charge is 0.376 e. The fourth-order valence-electron chi connectivity index (χ4n) is 3.61. The van der Waals surface area contributed by atoms with Crippen molar-refractivity contribution in [1.29, 1.82) is 0 Å². The van der Waals surface area contributed by atoms with Crippen molar-refractivity contribution in [3.63, 3.8) is 0 Å². The van der Waals surface area contributed by atoms with Gasteiger partial charge in [-0.2, -0.15) is 13.2 Å². The molecule has 1 heterocycles. The second kappa shape index (κ2) is 9.78. The number of rotatable bonds is 7. The quantitative estimate of drug-likeness (QED) is 0.728. The zero-order valence-electron chi connectivity index (χ0n) is 16.2. The normalized spacial score (nSPS) is 17.7. The summed E-state index contributed by atoms with van der Waals surface area (Å²) in [6.45, 7) is 3.41. The van der Waals surface area contributed by atoms with Crippen LogP contribution < -0.4 is 10.6 Å². The lowest BCUT2D eigenvalue weighted by Gasteiger charge is -2.32. The lowest BCUT2D eigenvalue weighted by atomic mass is 9.97. The molecule has 1 atom stereocenters. The molecule has 0 radical (unpaired) electrons. The lowest BCUT2D eigenvalue weighted by Crippen LogP contribution is -2.41. The second-order valence-electron chi connectivity index (χ2n) is 7.47. The molecule has 29 heavy (non-hydrogen) atoms. The van der Waals surface area contributed by atoms with Crippen LogP contribution in [0.1, 0.15) is 24.0 Å². The Balaban J connectivity index is 1.41. The van der Waals surface area contributed by atoms with E-state index in [2.05, 4.69) is 27.7 Å². The lowest BCUT2D eigenvalue weighted by molar-refractivity contribution is -0.137. The maximum absolute atomic E-state index is 12.8. The van der Waals surface area contributed by atoms with Gasteiger partial charge in [-0.05, 0) is 49.1 Å². The van der Waals surface area contributed by atoms with E-state index in [1.807, 2.05) is 18.2 Å². The summed E-state index contributed by atoms with van der Waals surface area (Å²) >= 11 is 0. The molecule has 156 valence electrons. The third-order valence-corrected chi connectivity index (χ3v) is 5.08. The molecule has 1 fully saturated rings. The molecule has 2 N–H and O–H groups in total. The van der Waals surface area contributed by atoms with Gasteiger partial charge in [0, 0.05) is 25.3 Å². The number of piperidine rings is 1. The number of benzene rings is 2. The van der Waals surface area contributed by atoms with Crippen molar-refractivity contribution < 1.29 is 18.0 Å². The summed E-state index contributed by atoms with van der Waals surface area (Å²) in [6, 6.07) is 15.2. The summed E-state index contributed by atoms with van der Waals surface area (Å²) in [6.07, 6.45) is -2.24. The van der Waals surface area contributed by atoms with Crippen LogP contribution in [0, 0.1) is 5.92 Å². The first-order chi connectivity index (χ1) is 13.9. The Labute approximate surface area is 169 Å². The summed E-state index contributed by atoms with van der Waals surface area (Å²) in [5, 5.41) is 5.67. The van der Waals surface area contributed by atoms with Crippen LogP contribution in [-0.4, -0.2) is 37.0 Å². The highest BCUT2D eigenvalue weighted by Crippen LogP contribution is 2.30. The van der Waals surface area contributed by atoms with Gasteiger partial charge in [0.05, 0.1) is 12.1 Å². The van der Waals surface area contributed by atoms with Gasteiger partial charge in [-0.3, -0.25) is 9.69 Å². The van der Waals surface area contributed by atoms with Gasteiger partial charge in [-0.25, -0.2) is 0 Å². The number of anilines is 1. The van der Waals surface area contributed by atoms with E-state index in [0.29, 0.717) is 12.5 Å². The molecule has 1 saturated heterocycles. The third kappa shape index (κ3) is 6.78. The van der Waals surface area contributed by atoms with Crippen molar-refractivity contribution >= 4 is 11.6 Å². The van der Waals surface area contributed by atoms with Crippen LogP contribution in [0.4, 0.5) is 18.9 Å². The molecule has 1 unspecified atom stereocenters. The number of carbonyl (C=O) groups is 1. The number of alkyl halides is 3. The molecule has 1 aliphatic rings. The topological polar surface area (TPSA) is 44.4 Å². The fourth-order valence-corrected chi connectivity index (χ4v) is 3.61. The summed E-state index contributed by atoms with van der Waals surface area (Å²) in [7, 11) is 0. The van der Waals surface area contributed by atoms with Gasteiger partial charge in [0.1, 0.15) is 0 Å². The van der Waals surface area contributed by atoms with E-state index in [0.717, 1.165) is 44.6 Å². The van der Waals surface area contributed by atoms with Crippen molar-refractivity contribution in [3.8, 4) is 0 Å². The third-order valence-electron chi connectivity index (χ3n) is 5.08. The molecule has 0 bridgehead atoms. The second-order valence-corrected chi connectivity index (χ2v) is 7.47. The first-order valence-corrected chi connectivity index (χ1v) is 9.84. The monoisotopic (exact) mass is 405 g/mol. The van der Waals surface area contributed by atoms with E-state index < -0.39 is 11.7 Å². The van der Waals surface area contributed by atoms with Crippen LogP contribution in [0.15, 0.2) is 54.6 Å². The van der Waals surface area contributed by atoms with Gasteiger partial charge < -0.3 is 10.6 Å². The average Bonchev–Trinajstić information content (AvgIpc) is 2.71. The molecule has 0 aliphatic carbocycles. The zero-order chi connectivity index (χ0) is 20.7. The zero-order valence-corrected chi connectivity index (χ0v) is 16.2. The summed E-state index contributed by atoms with van der Waals surface area (Å²) in [5.41, 5.74) is 0.827. The van der Waals surface area contributed by atoms with Crippen LogP contribution in [-0.2, 0) is 17.5 Å². The minimum absolute atomic E-state index is 0.0538. The van der Waals surface area contributed by atoms with Crippen molar-refractivity contribution in [2.24, 2.45) is 5.92 Å². The molecule has 7 heteroatoms. The molecule has 1 aliphatic heterocycles. The molecule has 3 rings (SSSR count). The summed E-state index contributed by atoms with van der Waals surface area (Å²) in [4.78, 5) is 14.5. The number of hydrogen-bond donors (Lipinski definition) is 2. The number of carbonyl (C=O) groups excluding carboxylic acids is 1. The number of hydrogen-bond acceptors (Lipinski definition) is 3. The largest absolute Gasteiger partial charge is 0.416 e. The summed E-state index contributed by atoms with van der Waals surface area (Å²) in [5.74, 6) is 0.160. The minimum atomic E-state index is -4.40. The Bertz CT molecular complexity index is 795. The SMILES string of the molecule is O=C(CNc1cccc(C(F)(F)F)c1)NCC1CCCN(Cc2ccccc2)C1. The Morgan fingerprint density at radius 3 is 2.66 bits per heavy atom. The van der Waals surface area contributed by atoms with Crippen molar-refractivity contribution in [2.45, 2.75) is 25.6 Å². The van der Waals surface area contributed by atoms with Crippen LogP contribution in [0.5, 0.6) is 0 Å². The maximum Gasteiger partial charge on any atom is 0.416 e. The molecular weight excluding hydrogens is 379 g/mol. The van der Waals surface area contributed by atoms with E-state index in [-0.39, 0.29) is 18.1 Å². The molecule has 4 nitrogen and oxygen atoms in total. The number of likely N-dealkylation sites (tertiary alicyclic amines) is 1. The average molecular weight is 405 g/mol. The van der Waals surface area contributed by atoms with Crippen LogP contribution >= 0.6 is 0 Å².